The predicted octanol–water partition coefficient (Wildman–Crippen LogP) is 11.7. The van der Waals surface area contributed by atoms with Crippen LogP contribution in [0.15, 0.2) is 152 Å². The fourth-order valence-corrected chi connectivity index (χ4v) is 7.65. The minimum Gasteiger partial charge on any atom is -0.309 e. The first-order chi connectivity index (χ1) is 23.6. The van der Waals surface area contributed by atoms with Gasteiger partial charge in [0.25, 0.3) is 0 Å². The summed E-state index contributed by atoms with van der Waals surface area (Å²) in [6.45, 7) is 4.36. The van der Waals surface area contributed by atoms with E-state index in [-0.39, 0.29) is 0 Å². The van der Waals surface area contributed by atoms with Crippen molar-refractivity contribution in [3.63, 3.8) is 0 Å². The number of benzene rings is 7. The number of aromatic nitrogens is 2. The molecule has 2 aromatic heterocycles. The lowest BCUT2D eigenvalue weighted by Gasteiger charge is -2.13. The second-order valence-electron chi connectivity index (χ2n) is 12.6. The Morgan fingerprint density at radius 3 is 1.54 bits per heavy atom. The quantitative estimate of drug-likeness (QED) is 0.194. The highest BCUT2D eigenvalue weighted by Gasteiger charge is 2.17. The maximum Gasteiger partial charge on any atom is 0.0992 e. The van der Waals surface area contributed by atoms with E-state index in [1.54, 1.807) is 0 Å². The third kappa shape index (κ3) is 4.27. The van der Waals surface area contributed by atoms with Gasteiger partial charge in [-0.1, -0.05) is 91.0 Å². The second-order valence-corrected chi connectivity index (χ2v) is 12.6. The molecule has 226 valence electrons. The van der Waals surface area contributed by atoms with Gasteiger partial charge < -0.3 is 9.13 Å². The van der Waals surface area contributed by atoms with Crippen LogP contribution in [0.25, 0.3) is 77.2 Å². The van der Waals surface area contributed by atoms with Crippen molar-refractivity contribution >= 4 is 43.6 Å². The van der Waals surface area contributed by atoms with Crippen LogP contribution < -0.4 is 0 Å². The van der Waals surface area contributed by atoms with E-state index in [1.807, 2.05) is 12.1 Å². The summed E-state index contributed by atoms with van der Waals surface area (Å²) in [5, 5.41) is 15.1. The summed E-state index contributed by atoms with van der Waals surface area (Å²) >= 11 is 0. The number of hydrogen-bond donors (Lipinski definition) is 0. The Balaban J connectivity index is 1.19. The van der Waals surface area contributed by atoms with Gasteiger partial charge in [0.2, 0.25) is 0 Å². The van der Waals surface area contributed by atoms with Crippen LogP contribution in [-0.4, -0.2) is 9.13 Å². The summed E-state index contributed by atoms with van der Waals surface area (Å²) < 4.78 is 4.63. The Labute approximate surface area is 279 Å². The Hall–Kier alpha value is -6.37. The van der Waals surface area contributed by atoms with Gasteiger partial charge in [-0.3, -0.25) is 0 Å². The first kappa shape index (κ1) is 27.9. The van der Waals surface area contributed by atoms with Crippen molar-refractivity contribution in [1.29, 1.82) is 5.26 Å². The SMILES string of the molecule is Cc1cccc(C)c1-c1ccc2c(c1)c1ccccc1n2-c1cc(C#N)cc(-c2ccc(-n3c4ccccc4c4ccccc43)cc2)c1. The van der Waals surface area contributed by atoms with Crippen LogP contribution >= 0.6 is 0 Å². The molecule has 3 nitrogen and oxygen atoms in total. The highest BCUT2D eigenvalue weighted by atomic mass is 15.0. The van der Waals surface area contributed by atoms with Crippen LogP contribution in [-0.2, 0) is 0 Å². The van der Waals surface area contributed by atoms with Crippen molar-refractivity contribution in [3.05, 3.63) is 168 Å². The zero-order valence-electron chi connectivity index (χ0n) is 26.8. The zero-order valence-corrected chi connectivity index (χ0v) is 26.8. The van der Waals surface area contributed by atoms with Crippen molar-refractivity contribution < 1.29 is 0 Å². The molecule has 0 saturated heterocycles. The lowest BCUT2D eigenvalue weighted by Crippen LogP contribution is -1.97. The van der Waals surface area contributed by atoms with E-state index in [1.165, 1.54) is 54.8 Å². The molecule has 0 N–H and O–H groups in total. The van der Waals surface area contributed by atoms with Gasteiger partial charge in [-0.05, 0) is 108 Å². The maximum atomic E-state index is 10.2. The number of fused-ring (bicyclic) bond motifs is 6. The third-order valence-electron chi connectivity index (χ3n) is 9.79. The van der Waals surface area contributed by atoms with Crippen LogP contribution in [0.5, 0.6) is 0 Å². The van der Waals surface area contributed by atoms with Crippen molar-refractivity contribution in [1.82, 2.24) is 9.13 Å². The molecule has 0 aliphatic rings. The molecule has 9 rings (SSSR count). The third-order valence-corrected chi connectivity index (χ3v) is 9.79. The van der Waals surface area contributed by atoms with Gasteiger partial charge in [0.15, 0.2) is 0 Å². The molecule has 9 aromatic rings. The Bertz CT molecular complexity index is 2680. The Morgan fingerprint density at radius 2 is 0.938 bits per heavy atom. The number of nitrogens with zero attached hydrogens (tertiary/aromatic N) is 3. The summed E-state index contributed by atoms with van der Waals surface area (Å²) in [6, 6.07) is 56.3. The lowest BCUT2D eigenvalue weighted by atomic mass is 9.95. The van der Waals surface area contributed by atoms with Gasteiger partial charge in [0.05, 0.1) is 33.7 Å². The predicted molar refractivity (Wildman–Crippen MR) is 200 cm³/mol. The average Bonchev–Trinajstić information content (AvgIpc) is 3.64. The molecule has 3 heteroatoms. The van der Waals surface area contributed by atoms with Gasteiger partial charge >= 0.3 is 0 Å². The van der Waals surface area contributed by atoms with E-state index < -0.39 is 0 Å². The minimum atomic E-state index is 0.632. The normalized spacial score (nSPS) is 11.5. The molecule has 48 heavy (non-hydrogen) atoms. The number of nitriles is 1. The number of hydrogen-bond acceptors (Lipinski definition) is 1. The monoisotopic (exact) mass is 613 g/mol. The lowest BCUT2D eigenvalue weighted by molar-refractivity contribution is 1.17. The Kier molecular flexibility index (Phi) is 6.32. The van der Waals surface area contributed by atoms with E-state index in [0.29, 0.717) is 5.56 Å². The van der Waals surface area contributed by atoms with Crippen molar-refractivity contribution in [2.45, 2.75) is 13.8 Å². The van der Waals surface area contributed by atoms with E-state index in [2.05, 4.69) is 169 Å². The highest BCUT2D eigenvalue weighted by Crippen LogP contribution is 2.38. The maximum absolute atomic E-state index is 10.2. The van der Waals surface area contributed by atoms with Crippen LogP contribution in [0.1, 0.15) is 16.7 Å². The first-order valence-electron chi connectivity index (χ1n) is 16.3. The molecule has 0 spiro atoms. The van der Waals surface area contributed by atoms with E-state index >= 15 is 0 Å². The largest absolute Gasteiger partial charge is 0.309 e. The molecule has 0 fully saturated rings. The fraction of sp³-hybridized carbons (Fsp3) is 0.0444. The fourth-order valence-electron chi connectivity index (χ4n) is 7.65. The minimum absolute atomic E-state index is 0.632. The molecule has 0 amide bonds. The molecule has 0 bridgehead atoms. The molecule has 0 aliphatic carbocycles. The molecule has 0 atom stereocenters. The highest BCUT2D eigenvalue weighted by molar-refractivity contribution is 6.11. The van der Waals surface area contributed by atoms with Crippen LogP contribution in [0.2, 0.25) is 0 Å². The molecular weight excluding hydrogens is 583 g/mol. The number of rotatable bonds is 4. The van der Waals surface area contributed by atoms with Crippen LogP contribution in [0.4, 0.5) is 0 Å². The summed E-state index contributed by atoms with van der Waals surface area (Å²) in [5.41, 5.74) is 14.4. The molecule has 2 heterocycles. The topological polar surface area (TPSA) is 33.6 Å². The first-order valence-corrected chi connectivity index (χ1v) is 16.3. The standard InChI is InChI=1S/C45H31N3/c1-29-10-9-11-30(2)45(29)33-20-23-44-40(27-33)39-14-5-8-17-43(39)48(44)36-25-31(28-46)24-34(26-36)32-18-21-35(22-19-32)47-41-15-6-3-12-37(41)38-13-4-7-16-42(38)47/h3-27H,1-2H3. The molecule has 0 saturated carbocycles. The van der Waals surface area contributed by atoms with Gasteiger partial charge in [-0.25, -0.2) is 0 Å². The smallest absolute Gasteiger partial charge is 0.0992 e. The van der Waals surface area contributed by atoms with Crippen molar-refractivity contribution in [2.75, 3.05) is 0 Å². The van der Waals surface area contributed by atoms with E-state index in [0.717, 1.165) is 33.5 Å². The second kappa shape index (κ2) is 10.9. The van der Waals surface area contributed by atoms with Gasteiger partial charge in [-0.15, -0.1) is 0 Å². The number of aryl methyl sites for hydroxylation is 2. The van der Waals surface area contributed by atoms with Gasteiger partial charge in [-0.2, -0.15) is 5.26 Å². The summed E-state index contributed by atoms with van der Waals surface area (Å²) in [4.78, 5) is 0. The molecule has 0 aliphatic heterocycles. The average molecular weight is 614 g/mol. The van der Waals surface area contributed by atoms with Gasteiger partial charge in [0, 0.05) is 32.9 Å². The summed E-state index contributed by atoms with van der Waals surface area (Å²) in [5.74, 6) is 0. The molecular formula is C45H31N3. The summed E-state index contributed by atoms with van der Waals surface area (Å²) in [7, 11) is 0. The van der Waals surface area contributed by atoms with Crippen LogP contribution in [0, 0.1) is 25.2 Å². The molecule has 0 radical (unpaired) electrons. The van der Waals surface area contributed by atoms with E-state index in [4.69, 9.17) is 0 Å². The van der Waals surface area contributed by atoms with Crippen molar-refractivity contribution in [2.24, 2.45) is 0 Å². The molecule has 0 unspecified atom stereocenters. The zero-order chi connectivity index (χ0) is 32.4. The van der Waals surface area contributed by atoms with Crippen molar-refractivity contribution in [3.8, 4) is 39.7 Å². The summed E-state index contributed by atoms with van der Waals surface area (Å²) in [6.07, 6.45) is 0. The van der Waals surface area contributed by atoms with E-state index in [9.17, 15) is 5.26 Å². The molecule has 7 aromatic carbocycles. The van der Waals surface area contributed by atoms with Crippen LogP contribution in [0.3, 0.4) is 0 Å². The van der Waals surface area contributed by atoms with Gasteiger partial charge in [0.1, 0.15) is 0 Å². The number of para-hydroxylation sites is 3. The Morgan fingerprint density at radius 1 is 0.417 bits per heavy atom.